The molecule has 1 unspecified atom stereocenters. The molecule has 5 heteroatoms. The average molecular weight is 186 g/mol. The largest absolute Gasteiger partial charge is 0.584 e. The fraction of sp³-hybridized carbons (Fsp3) is 0.143. The second-order valence-electron chi connectivity index (χ2n) is 2.58. The molecule has 12 heavy (non-hydrogen) atoms. The monoisotopic (exact) mass is 186 g/mol. The summed E-state index contributed by atoms with van der Waals surface area (Å²) in [5.74, 6) is 0.775. The lowest BCUT2D eigenvalue weighted by Gasteiger charge is -2.20. The van der Waals surface area contributed by atoms with E-state index < -0.39 is 7.82 Å². The molecule has 1 aromatic rings. The van der Waals surface area contributed by atoms with Crippen LogP contribution in [-0.2, 0) is 4.57 Å². The average Bonchev–Trinajstić information content (AvgIpc) is 1.95. The van der Waals surface area contributed by atoms with Gasteiger partial charge in [0.15, 0.2) is 0 Å². The zero-order valence-corrected chi connectivity index (χ0v) is 7.25. The third kappa shape index (κ3) is 1.19. The van der Waals surface area contributed by atoms with Crippen molar-refractivity contribution >= 4 is 7.82 Å². The van der Waals surface area contributed by atoms with E-state index in [2.05, 4.69) is 4.52 Å². The van der Waals surface area contributed by atoms with E-state index in [1.807, 2.05) is 0 Å². The van der Waals surface area contributed by atoms with Crippen molar-refractivity contribution in [2.75, 3.05) is 0 Å². The van der Waals surface area contributed by atoms with E-state index in [4.69, 9.17) is 9.42 Å². The zero-order chi connectivity index (χ0) is 8.77. The summed E-state index contributed by atoms with van der Waals surface area (Å²) in [5, 5.41) is 0. The van der Waals surface area contributed by atoms with Crippen LogP contribution < -0.4 is 9.05 Å². The van der Waals surface area contributed by atoms with Crippen LogP contribution in [0.2, 0.25) is 0 Å². The van der Waals surface area contributed by atoms with Crippen molar-refractivity contribution in [3.05, 3.63) is 23.8 Å². The van der Waals surface area contributed by atoms with E-state index in [9.17, 15) is 4.57 Å². The molecule has 64 valence electrons. The van der Waals surface area contributed by atoms with Gasteiger partial charge in [0.25, 0.3) is 0 Å². The summed E-state index contributed by atoms with van der Waals surface area (Å²) in [6.45, 7) is 1.80. The Labute approximate surface area is 69.4 Å². The highest BCUT2D eigenvalue weighted by Gasteiger charge is 2.30. The van der Waals surface area contributed by atoms with Gasteiger partial charge in [0.1, 0.15) is 11.5 Å². The molecule has 1 aliphatic heterocycles. The fourth-order valence-electron chi connectivity index (χ4n) is 1.01. The number of phosphoric acid groups is 1. The molecule has 0 aliphatic carbocycles. The molecule has 0 spiro atoms. The predicted molar refractivity (Wildman–Crippen MR) is 42.3 cm³/mol. The number of benzene rings is 1. The molecular weight excluding hydrogens is 179 g/mol. The first kappa shape index (κ1) is 7.65. The minimum atomic E-state index is -3.88. The van der Waals surface area contributed by atoms with Gasteiger partial charge in [-0.05, 0) is 18.6 Å². The minimum absolute atomic E-state index is 0.368. The first-order valence-electron chi connectivity index (χ1n) is 3.39. The van der Waals surface area contributed by atoms with E-state index in [1.165, 1.54) is 0 Å². The van der Waals surface area contributed by atoms with Gasteiger partial charge in [-0.15, -0.1) is 0 Å². The van der Waals surface area contributed by atoms with Gasteiger partial charge in [-0.1, -0.05) is 6.07 Å². The molecule has 0 amide bonds. The number of hydrogen-bond acceptors (Lipinski definition) is 3. The van der Waals surface area contributed by atoms with Gasteiger partial charge < -0.3 is 9.05 Å². The van der Waals surface area contributed by atoms with Crippen molar-refractivity contribution in [1.82, 2.24) is 0 Å². The highest BCUT2D eigenvalue weighted by molar-refractivity contribution is 7.48. The van der Waals surface area contributed by atoms with Crippen LogP contribution >= 0.6 is 7.82 Å². The van der Waals surface area contributed by atoms with E-state index in [0.29, 0.717) is 11.5 Å². The van der Waals surface area contributed by atoms with Gasteiger partial charge >= 0.3 is 7.82 Å². The normalized spacial score (nSPS) is 25.8. The third-order valence-corrected chi connectivity index (χ3v) is 2.46. The molecular formula is C7H7O4P. The van der Waals surface area contributed by atoms with Gasteiger partial charge in [0, 0.05) is 6.07 Å². The van der Waals surface area contributed by atoms with Crippen LogP contribution in [0.4, 0.5) is 0 Å². The van der Waals surface area contributed by atoms with Gasteiger partial charge in [-0.3, -0.25) is 4.89 Å². The van der Waals surface area contributed by atoms with Crippen LogP contribution in [-0.4, -0.2) is 4.89 Å². The maximum atomic E-state index is 11.0. The van der Waals surface area contributed by atoms with Crippen molar-refractivity contribution in [3.8, 4) is 11.5 Å². The maximum absolute atomic E-state index is 11.0. The molecule has 2 rings (SSSR count). The van der Waals surface area contributed by atoms with Crippen molar-refractivity contribution in [3.63, 3.8) is 0 Å². The van der Waals surface area contributed by atoms with Gasteiger partial charge in [-0.25, -0.2) is 4.57 Å². The Bertz CT molecular complexity index is 374. The predicted octanol–water partition coefficient (Wildman–Crippen LogP) is 1.87. The maximum Gasteiger partial charge on any atom is 0.584 e. The van der Waals surface area contributed by atoms with Gasteiger partial charge in [0.2, 0.25) is 0 Å². The lowest BCUT2D eigenvalue weighted by molar-refractivity contribution is 0.280. The molecule has 0 aromatic heterocycles. The summed E-state index contributed by atoms with van der Waals surface area (Å²) in [4.78, 5) is 9.00. The number of aryl methyl sites for hydroxylation is 1. The van der Waals surface area contributed by atoms with Crippen molar-refractivity contribution in [1.29, 1.82) is 0 Å². The molecule has 0 saturated heterocycles. The highest BCUT2D eigenvalue weighted by Crippen LogP contribution is 2.50. The summed E-state index contributed by atoms with van der Waals surface area (Å²) in [6, 6.07) is 4.98. The number of phosphoric ester groups is 1. The number of fused-ring (bicyclic) bond motifs is 2. The second-order valence-corrected chi connectivity index (χ2v) is 3.88. The SMILES string of the molecule is Cc1ccc2cc1OP(=O)(O)O2. The van der Waals surface area contributed by atoms with Gasteiger partial charge in [-0.2, -0.15) is 0 Å². The fourth-order valence-corrected chi connectivity index (χ4v) is 1.87. The lowest BCUT2D eigenvalue weighted by atomic mass is 10.2. The first-order chi connectivity index (χ1) is 5.57. The molecule has 0 fully saturated rings. The summed E-state index contributed by atoms with van der Waals surface area (Å²) in [6.07, 6.45) is 0. The first-order valence-corrected chi connectivity index (χ1v) is 4.89. The molecule has 4 nitrogen and oxygen atoms in total. The molecule has 2 bridgehead atoms. The van der Waals surface area contributed by atoms with Gasteiger partial charge in [0.05, 0.1) is 0 Å². The van der Waals surface area contributed by atoms with Crippen molar-refractivity contribution < 1.29 is 18.5 Å². The second kappa shape index (κ2) is 2.25. The Kier molecular flexibility index (Phi) is 1.43. The third-order valence-electron chi connectivity index (χ3n) is 1.59. The smallest absolute Gasteiger partial charge is 0.395 e. The zero-order valence-electron chi connectivity index (χ0n) is 6.35. The van der Waals surface area contributed by atoms with Crippen LogP contribution in [0.3, 0.4) is 0 Å². The van der Waals surface area contributed by atoms with E-state index >= 15 is 0 Å². The molecule has 1 atom stereocenters. The Morgan fingerprint density at radius 1 is 1.42 bits per heavy atom. The van der Waals surface area contributed by atoms with Crippen molar-refractivity contribution in [2.45, 2.75) is 6.92 Å². The summed E-state index contributed by atoms with van der Waals surface area (Å²) < 4.78 is 20.3. The Morgan fingerprint density at radius 3 is 2.92 bits per heavy atom. The summed E-state index contributed by atoms with van der Waals surface area (Å²) in [7, 11) is -3.88. The molecule has 0 saturated carbocycles. The standard InChI is InChI=1S/C7H7O4P/c1-5-2-3-6-4-7(5)11-12(8,9)10-6/h2-4H,1H3,(H,8,9). The quantitative estimate of drug-likeness (QED) is 0.628. The van der Waals surface area contributed by atoms with Crippen LogP contribution in [0, 0.1) is 6.92 Å². The lowest BCUT2D eigenvalue weighted by Crippen LogP contribution is -2.05. The molecule has 1 aliphatic rings. The number of hydrogen-bond donors (Lipinski definition) is 1. The van der Waals surface area contributed by atoms with E-state index in [1.54, 1.807) is 25.1 Å². The van der Waals surface area contributed by atoms with E-state index in [-0.39, 0.29) is 0 Å². The molecule has 0 radical (unpaired) electrons. The minimum Gasteiger partial charge on any atom is -0.395 e. The van der Waals surface area contributed by atoms with Crippen molar-refractivity contribution in [2.24, 2.45) is 0 Å². The van der Waals surface area contributed by atoms with E-state index in [0.717, 1.165) is 5.56 Å². The highest BCUT2D eigenvalue weighted by atomic mass is 31.2. The Balaban J connectivity index is 2.55. The Hall–Kier alpha value is -0.990. The van der Waals surface area contributed by atoms with Crippen LogP contribution in [0.5, 0.6) is 11.5 Å². The Morgan fingerprint density at radius 2 is 2.17 bits per heavy atom. The van der Waals surface area contributed by atoms with Crippen LogP contribution in [0.1, 0.15) is 5.56 Å². The molecule has 1 aromatic carbocycles. The van der Waals surface area contributed by atoms with Crippen LogP contribution in [0.25, 0.3) is 0 Å². The molecule has 1 heterocycles. The number of rotatable bonds is 0. The summed E-state index contributed by atoms with van der Waals surface area (Å²) in [5.41, 5.74) is 0.816. The van der Waals surface area contributed by atoms with Crippen LogP contribution in [0.15, 0.2) is 18.2 Å². The summed E-state index contributed by atoms with van der Waals surface area (Å²) >= 11 is 0. The topological polar surface area (TPSA) is 55.8 Å². The molecule has 1 N–H and O–H groups in total.